The monoisotopic (exact) mass is 487 g/mol. The molecule has 1 spiro atoms. The Balaban J connectivity index is 1.47. The van der Waals surface area contributed by atoms with E-state index in [2.05, 4.69) is 13.8 Å². The van der Waals surface area contributed by atoms with Gasteiger partial charge in [0.05, 0.1) is 6.10 Å². The standard InChI is InChI=1S/C26H33NO6S/c1-6-21(29)31-19-10-9-16-17-8-7-14-11-18(28)15(22(30)32-23(34)27(4)5)12-25(14,3)26(17)20(33-26)13-24(16,19)2/h11-12,16-17,19-20H,6-10,13H2,1-5H3/t16-,17-,19+,20-,24-,25-,26+/m0/s1. The van der Waals surface area contributed by atoms with Crippen molar-refractivity contribution < 1.29 is 28.6 Å². The van der Waals surface area contributed by atoms with E-state index in [1.807, 2.05) is 6.92 Å². The number of allylic oxidation sites excluding steroid dienone is 1. The molecule has 0 N–H and O–H groups in total. The third-order valence-electron chi connectivity index (χ3n) is 9.28. The first kappa shape index (κ1) is 23.7. The lowest BCUT2D eigenvalue weighted by Crippen LogP contribution is -2.57. The van der Waals surface area contributed by atoms with Crippen molar-refractivity contribution >= 4 is 35.1 Å². The van der Waals surface area contributed by atoms with Crippen molar-refractivity contribution in [1.82, 2.24) is 4.90 Å². The Morgan fingerprint density at radius 1 is 1.21 bits per heavy atom. The van der Waals surface area contributed by atoms with Crippen LogP contribution in [-0.2, 0) is 28.6 Å². The Morgan fingerprint density at radius 2 is 1.94 bits per heavy atom. The van der Waals surface area contributed by atoms with E-state index < -0.39 is 17.0 Å². The Kier molecular flexibility index (Phi) is 5.37. The zero-order chi connectivity index (χ0) is 24.6. The molecule has 0 radical (unpaired) electrons. The largest absolute Gasteiger partial charge is 0.462 e. The summed E-state index contributed by atoms with van der Waals surface area (Å²) < 4.78 is 17.8. The van der Waals surface area contributed by atoms with Crippen LogP contribution in [0.4, 0.5) is 0 Å². The van der Waals surface area contributed by atoms with E-state index in [1.54, 1.807) is 26.2 Å². The molecule has 1 saturated heterocycles. The Bertz CT molecular complexity index is 1050. The molecule has 5 aliphatic rings. The van der Waals surface area contributed by atoms with E-state index in [-0.39, 0.29) is 46.0 Å². The van der Waals surface area contributed by atoms with Crippen LogP contribution in [0, 0.1) is 22.7 Å². The topological polar surface area (TPSA) is 85.4 Å². The van der Waals surface area contributed by atoms with Crippen LogP contribution in [-0.4, -0.2) is 59.7 Å². The van der Waals surface area contributed by atoms with Gasteiger partial charge < -0.3 is 19.1 Å². The molecule has 5 rings (SSSR count). The summed E-state index contributed by atoms with van der Waals surface area (Å²) in [5.74, 6) is -0.563. The molecule has 3 saturated carbocycles. The molecule has 0 aromatic carbocycles. The highest BCUT2D eigenvalue weighted by Gasteiger charge is 2.79. The second-order valence-electron chi connectivity index (χ2n) is 11.1. The number of thiocarbonyl (C=S) groups is 1. The Labute approximate surface area is 205 Å². The average molecular weight is 488 g/mol. The Morgan fingerprint density at radius 3 is 2.62 bits per heavy atom. The molecule has 0 aromatic rings. The number of epoxide rings is 1. The van der Waals surface area contributed by atoms with Crippen molar-refractivity contribution in [3.8, 4) is 0 Å². The molecular formula is C26H33NO6S. The fraction of sp³-hybridized carbons (Fsp3) is 0.692. The van der Waals surface area contributed by atoms with Gasteiger partial charge in [-0.05, 0) is 69.2 Å². The molecule has 0 aromatic heterocycles. The molecule has 0 bridgehead atoms. The second kappa shape index (κ2) is 7.72. The van der Waals surface area contributed by atoms with Crippen molar-refractivity contribution in [2.24, 2.45) is 22.7 Å². The van der Waals surface area contributed by atoms with Crippen LogP contribution in [0.2, 0.25) is 0 Å². The van der Waals surface area contributed by atoms with Crippen LogP contribution >= 0.6 is 12.2 Å². The van der Waals surface area contributed by atoms with Gasteiger partial charge in [-0.1, -0.05) is 25.5 Å². The predicted octanol–water partition coefficient (Wildman–Crippen LogP) is 3.51. The van der Waals surface area contributed by atoms with Crippen molar-refractivity contribution in [3.05, 3.63) is 23.3 Å². The highest BCUT2D eigenvalue weighted by molar-refractivity contribution is 7.80. The van der Waals surface area contributed by atoms with Crippen LogP contribution in [0.1, 0.15) is 59.3 Å². The molecule has 7 atom stereocenters. The van der Waals surface area contributed by atoms with Gasteiger partial charge in [0, 0.05) is 31.3 Å². The van der Waals surface area contributed by atoms with Gasteiger partial charge in [-0.3, -0.25) is 9.59 Å². The highest BCUT2D eigenvalue weighted by Crippen LogP contribution is 2.74. The first-order valence-electron chi connectivity index (χ1n) is 12.3. The summed E-state index contributed by atoms with van der Waals surface area (Å²) in [5, 5.41) is 0.0194. The number of esters is 2. The highest BCUT2D eigenvalue weighted by atomic mass is 32.1. The quantitative estimate of drug-likeness (QED) is 0.259. The lowest BCUT2D eigenvalue weighted by Gasteiger charge is -2.54. The fourth-order valence-corrected chi connectivity index (χ4v) is 7.59. The molecule has 1 heterocycles. The van der Waals surface area contributed by atoms with E-state index >= 15 is 0 Å². The van der Waals surface area contributed by atoms with Gasteiger partial charge in [0.2, 0.25) is 0 Å². The number of hydrogen-bond donors (Lipinski definition) is 0. The normalized spacial score (nSPS) is 41.6. The maximum Gasteiger partial charge on any atom is 0.349 e. The summed E-state index contributed by atoms with van der Waals surface area (Å²) in [7, 11) is 3.37. The summed E-state index contributed by atoms with van der Waals surface area (Å²) in [6, 6.07) is 0. The zero-order valence-electron chi connectivity index (χ0n) is 20.5. The van der Waals surface area contributed by atoms with Crippen LogP contribution in [0.5, 0.6) is 0 Å². The lowest BCUT2D eigenvalue weighted by molar-refractivity contribution is -0.157. The maximum atomic E-state index is 12.9. The van der Waals surface area contributed by atoms with Crippen molar-refractivity contribution in [2.45, 2.75) is 77.1 Å². The molecular weight excluding hydrogens is 454 g/mol. The maximum absolute atomic E-state index is 12.9. The van der Waals surface area contributed by atoms with Crippen molar-refractivity contribution in [3.63, 3.8) is 0 Å². The van der Waals surface area contributed by atoms with E-state index in [1.165, 1.54) is 4.90 Å². The SMILES string of the molecule is CCC(=O)O[C@@H]1CC[C@H]2[C@@H]3CCC4=CC(=O)C(C(=O)OC(=S)N(C)C)=C[C@]4(C)[C@@]34O[C@H]4C[C@]12C. The lowest BCUT2D eigenvalue weighted by atomic mass is 9.47. The molecule has 4 aliphatic carbocycles. The van der Waals surface area contributed by atoms with E-state index in [0.717, 1.165) is 37.7 Å². The van der Waals surface area contributed by atoms with E-state index in [4.69, 9.17) is 26.4 Å². The summed E-state index contributed by atoms with van der Waals surface area (Å²) in [6.07, 6.45) is 8.09. The fourth-order valence-electron chi connectivity index (χ4n) is 7.52. The smallest absolute Gasteiger partial charge is 0.349 e. The zero-order valence-corrected chi connectivity index (χ0v) is 21.3. The van der Waals surface area contributed by atoms with Crippen molar-refractivity contribution in [1.29, 1.82) is 0 Å². The molecule has 1 aliphatic heterocycles. The number of ketones is 1. The summed E-state index contributed by atoms with van der Waals surface area (Å²) >= 11 is 5.11. The number of rotatable bonds is 3. The van der Waals surface area contributed by atoms with Gasteiger partial charge in [-0.2, -0.15) is 0 Å². The van der Waals surface area contributed by atoms with Gasteiger partial charge in [0.15, 0.2) is 5.78 Å². The minimum atomic E-state index is -0.719. The van der Waals surface area contributed by atoms with Gasteiger partial charge in [-0.25, -0.2) is 4.79 Å². The molecule has 8 heteroatoms. The number of fused-ring (bicyclic) bond motifs is 3. The molecule has 0 unspecified atom stereocenters. The first-order chi connectivity index (χ1) is 16.0. The number of nitrogens with zero attached hydrogens (tertiary/aromatic N) is 1. The van der Waals surface area contributed by atoms with Crippen LogP contribution in [0.15, 0.2) is 23.3 Å². The molecule has 4 fully saturated rings. The summed E-state index contributed by atoms with van der Waals surface area (Å²) in [5.41, 5.74) is -0.0832. The summed E-state index contributed by atoms with van der Waals surface area (Å²) in [6.45, 7) is 6.18. The number of hydrogen-bond acceptors (Lipinski definition) is 7. The third-order valence-corrected chi connectivity index (χ3v) is 9.73. The van der Waals surface area contributed by atoms with Gasteiger partial charge in [-0.15, -0.1) is 0 Å². The number of ether oxygens (including phenoxy) is 3. The minimum Gasteiger partial charge on any atom is -0.462 e. The van der Waals surface area contributed by atoms with Gasteiger partial charge in [0.1, 0.15) is 17.3 Å². The molecule has 0 amide bonds. The molecule has 184 valence electrons. The van der Waals surface area contributed by atoms with Crippen LogP contribution < -0.4 is 0 Å². The van der Waals surface area contributed by atoms with Crippen LogP contribution in [0.3, 0.4) is 0 Å². The van der Waals surface area contributed by atoms with E-state index in [9.17, 15) is 14.4 Å². The number of carbonyl (C=O) groups is 3. The second-order valence-corrected chi connectivity index (χ2v) is 11.5. The minimum absolute atomic E-state index is 0.00190. The molecule has 7 nitrogen and oxygen atoms in total. The van der Waals surface area contributed by atoms with E-state index in [0.29, 0.717) is 12.3 Å². The van der Waals surface area contributed by atoms with Gasteiger partial charge >= 0.3 is 11.9 Å². The Hall–Kier alpha value is -2.06. The first-order valence-corrected chi connectivity index (χ1v) is 12.7. The number of carbonyl (C=O) groups excluding carboxylic acids is 3. The third kappa shape index (κ3) is 3.10. The summed E-state index contributed by atoms with van der Waals surface area (Å²) in [4.78, 5) is 39.4. The molecule has 34 heavy (non-hydrogen) atoms. The van der Waals surface area contributed by atoms with Crippen molar-refractivity contribution in [2.75, 3.05) is 14.1 Å². The van der Waals surface area contributed by atoms with Crippen LogP contribution in [0.25, 0.3) is 0 Å². The predicted molar refractivity (Wildman–Crippen MR) is 128 cm³/mol. The van der Waals surface area contributed by atoms with Gasteiger partial charge in [0.25, 0.3) is 5.17 Å². The average Bonchev–Trinajstić information content (AvgIpc) is 3.41.